The molecule has 142 valence electrons. The maximum absolute atomic E-state index is 14.6. The number of nitrogens with one attached hydrogen (secondary N) is 2. The van der Waals surface area contributed by atoms with Crippen molar-refractivity contribution in [3.05, 3.63) is 35.9 Å². The summed E-state index contributed by atoms with van der Waals surface area (Å²) in [5.74, 6) is -0.409. The van der Waals surface area contributed by atoms with E-state index in [0.717, 1.165) is 0 Å². The van der Waals surface area contributed by atoms with Crippen LogP contribution in [0, 0.1) is 5.82 Å². The molecular formula is C17H18FN5O3S. The number of hydrogen-bond donors (Lipinski definition) is 3. The van der Waals surface area contributed by atoms with Crippen LogP contribution in [0.25, 0.3) is 11.4 Å². The Kier molecular flexibility index (Phi) is 5.36. The number of nitrogens with two attached hydrogens (primary N) is 1. The number of amides is 2. The zero-order chi connectivity index (χ0) is 19.6. The van der Waals surface area contributed by atoms with Crippen LogP contribution < -0.4 is 16.0 Å². The Morgan fingerprint density at radius 2 is 2.33 bits per heavy atom. The van der Waals surface area contributed by atoms with E-state index in [4.69, 9.17) is 22.7 Å². The Morgan fingerprint density at radius 1 is 1.56 bits per heavy atom. The van der Waals surface area contributed by atoms with E-state index in [1.165, 1.54) is 24.0 Å². The lowest BCUT2D eigenvalue weighted by Gasteiger charge is -2.14. The van der Waals surface area contributed by atoms with Crippen molar-refractivity contribution in [3.63, 3.8) is 0 Å². The number of ether oxygens (including phenoxy) is 1. The van der Waals surface area contributed by atoms with E-state index in [9.17, 15) is 14.0 Å². The molecule has 3 rings (SSSR count). The van der Waals surface area contributed by atoms with Gasteiger partial charge in [-0.05, 0) is 18.2 Å². The van der Waals surface area contributed by atoms with Crippen molar-refractivity contribution < 1.29 is 18.7 Å². The topological polar surface area (TPSA) is 113 Å². The molecular weight excluding hydrogens is 373 g/mol. The molecule has 2 heterocycles. The first-order valence-electron chi connectivity index (χ1n) is 8.18. The van der Waals surface area contributed by atoms with Crippen molar-refractivity contribution in [3.8, 4) is 11.4 Å². The summed E-state index contributed by atoms with van der Waals surface area (Å²) in [6.07, 6.45) is 0.815. The number of rotatable bonds is 6. The van der Waals surface area contributed by atoms with Crippen molar-refractivity contribution in [1.29, 1.82) is 0 Å². The molecule has 0 saturated carbocycles. The molecule has 27 heavy (non-hydrogen) atoms. The minimum atomic E-state index is -0.589. The largest absolute Gasteiger partial charge is 0.442 e. The predicted octanol–water partition coefficient (Wildman–Crippen LogP) is 1.51. The van der Waals surface area contributed by atoms with Gasteiger partial charge in [-0.2, -0.15) is 0 Å². The summed E-state index contributed by atoms with van der Waals surface area (Å²) in [5, 5.41) is 2.59. The molecule has 0 radical (unpaired) electrons. The summed E-state index contributed by atoms with van der Waals surface area (Å²) >= 11 is 4.84. The third-order valence-electron chi connectivity index (χ3n) is 3.97. The summed E-state index contributed by atoms with van der Waals surface area (Å²) in [6, 6.07) is 4.38. The van der Waals surface area contributed by atoms with Gasteiger partial charge < -0.3 is 20.8 Å². The summed E-state index contributed by atoms with van der Waals surface area (Å²) in [5.41, 5.74) is 6.80. The Morgan fingerprint density at radius 3 is 3.00 bits per heavy atom. The molecule has 1 aliphatic rings. The van der Waals surface area contributed by atoms with Gasteiger partial charge in [0.1, 0.15) is 17.7 Å². The van der Waals surface area contributed by atoms with E-state index < -0.39 is 18.0 Å². The predicted molar refractivity (Wildman–Crippen MR) is 101 cm³/mol. The van der Waals surface area contributed by atoms with Crippen LogP contribution in [-0.2, 0) is 16.0 Å². The first-order chi connectivity index (χ1) is 12.8. The molecule has 1 aliphatic heterocycles. The van der Waals surface area contributed by atoms with Gasteiger partial charge in [0, 0.05) is 25.2 Å². The van der Waals surface area contributed by atoms with Gasteiger partial charge in [-0.15, -0.1) is 0 Å². The maximum atomic E-state index is 14.6. The number of anilines is 1. The number of nitrogens with zero attached hydrogens (tertiary/aromatic N) is 2. The van der Waals surface area contributed by atoms with E-state index in [1.54, 1.807) is 12.3 Å². The van der Waals surface area contributed by atoms with Crippen LogP contribution in [0.2, 0.25) is 0 Å². The number of halogens is 1. The first kappa shape index (κ1) is 18.8. The second-order valence-corrected chi connectivity index (χ2v) is 6.64. The molecule has 1 fully saturated rings. The van der Waals surface area contributed by atoms with Gasteiger partial charge in [0.15, 0.2) is 0 Å². The Bertz CT molecular complexity index is 900. The second kappa shape index (κ2) is 7.70. The monoisotopic (exact) mass is 391 g/mol. The number of cyclic esters (lactones) is 1. The number of carbonyl (C=O) groups is 2. The molecule has 8 nitrogen and oxygen atoms in total. The van der Waals surface area contributed by atoms with Gasteiger partial charge in [0.25, 0.3) is 0 Å². The van der Waals surface area contributed by atoms with Crippen LogP contribution >= 0.6 is 12.2 Å². The average molecular weight is 391 g/mol. The molecule has 1 atom stereocenters. The molecule has 0 spiro atoms. The van der Waals surface area contributed by atoms with Crippen LogP contribution in [-0.4, -0.2) is 46.2 Å². The molecule has 0 aliphatic carbocycles. The molecule has 0 bridgehead atoms. The van der Waals surface area contributed by atoms with Gasteiger partial charge in [0.05, 0.1) is 29.3 Å². The highest BCUT2D eigenvalue weighted by Crippen LogP contribution is 2.27. The maximum Gasteiger partial charge on any atom is 0.414 e. The van der Waals surface area contributed by atoms with E-state index >= 15 is 0 Å². The standard InChI is InChI=1S/C17H18FN5O3S/c1-9(24)20-7-12-8-23(17(25)26-12)11-2-3-13(14(18)5-11)16-21-6-10(22-16)4-15(19)27/h2-3,5-6,12H,4,7-8H2,1H3,(H2,19,27)(H,20,24)(H,21,22). The lowest BCUT2D eigenvalue weighted by molar-refractivity contribution is -0.119. The van der Waals surface area contributed by atoms with Crippen LogP contribution in [0.4, 0.5) is 14.9 Å². The zero-order valence-corrected chi connectivity index (χ0v) is 15.3. The van der Waals surface area contributed by atoms with E-state index in [-0.39, 0.29) is 24.6 Å². The molecule has 4 N–H and O–H groups in total. The number of imidazole rings is 1. The molecule has 10 heteroatoms. The third kappa shape index (κ3) is 4.40. The minimum Gasteiger partial charge on any atom is -0.442 e. The third-order valence-corrected chi connectivity index (χ3v) is 4.11. The number of benzene rings is 1. The Labute approximate surface area is 159 Å². The van der Waals surface area contributed by atoms with Gasteiger partial charge >= 0.3 is 6.09 Å². The lowest BCUT2D eigenvalue weighted by atomic mass is 10.1. The SMILES string of the molecule is CC(=O)NCC1CN(c2ccc(-c3ncc(CC(N)=S)[nH]3)c(F)c2)C(=O)O1. The zero-order valence-electron chi connectivity index (χ0n) is 14.5. The summed E-state index contributed by atoms with van der Waals surface area (Å²) < 4.78 is 19.8. The summed E-state index contributed by atoms with van der Waals surface area (Å²) in [4.78, 5) is 31.7. The van der Waals surface area contributed by atoms with E-state index in [0.29, 0.717) is 28.6 Å². The fourth-order valence-corrected chi connectivity index (χ4v) is 2.89. The normalized spacial score (nSPS) is 16.3. The molecule has 1 unspecified atom stereocenters. The first-order valence-corrected chi connectivity index (χ1v) is 8.59. The quantitative estimate of drug-likeness (QED) is 0.643. The highest BCUT2D eigenvalue weighted by Gasteiger charge is 2.32. The molecule has 1 aromatic carbocycles. The van der Waals surface area contributed by atoms with Crippen molar-refractivity contribution in [2.75, 3.05) is 18.0 Å². The van der Waals surface area contributed by atoms with E-state index in [1.807, 2.05) is 0 Å². The van der Waals surface area contributed by atoms with Crippen LogP contribution in [0.1, 0.15) is 12.6 Å². The minimum absolute atomic E-state index is 0.205. The number of aromatic nitrogens is 2. The highest BCUT2D eigenvalue weighted by molar-refractivity contribution is 7.80. The number of aromatic amines is 1. The Balaban J connectivity index is 1.75. The van der Waals surface area contributed by atoms with Gasteiger partial charge in [-0.25, -0.2) is 14.2 Å². The number of H-pyrrole nitrogens is 1. The second-order valence-electron chi connectivity index (χ2n) is 6.12. The summed E-state index contributed by atoms with van der Waals surface area (Å²) in [6.45, 7) is 1.80. The van der Waals surface area contributed by atoms with Crippen molar-refractivity contribution in [2.24, 2.45) is 5.73 Å². The molecule has 2 amide bonds. The smallest absolute Gasteiger partial charge is 0.414 e. The van der Waals surface area contributed by atoms with Crippen molar-refractivity contribution in [2.45, 2.75) is 19.4 Å². The van der Waals surface area contributed by atoms with Crippen molar-refractivity contribution in [1.82, 2.24) is 15.3 Å². The number of carbonyl (C=O) groups excluding carboxylic acids is 2. The molecule has 1 saturated heterocycles. The lowest BCUT2D eigenvalue weighted by Crippen LogP contribution is -2.33. The fourth-order valence-electron chi connectivity index (χ4n) is 2.73. The van der Waals surface area contributed by atoms with Crippen LogP contribution in [0.15, 0.2) is 24.4 Å². The molecule has 1 aromatic heterocycles. The number of thiocarbonyl (C=S) groups is 1. The average Bonchev–Trinajstić information content (AvgIpc) is 3.19. The fraction of sp³-hybridized carbons (Fsp3) is 0.294. The van der Waals surface area contributed by atoms with E-state index in [2.05, 4.69) is 15.3 Å². The highest BCUT2D eigenvalue weighted by atomic mass is 32.1. The molecule has 2 aromatic rings. The summed E-state index contributed by atoms with van der Waals surface area (Å²) in [7, 11) is 0. The van der Waals surface area contributed by atoms with Gasteiger partial charge in [-0.1, -0.05) is 12.2 Å². The number of hydrogen-bond acceptors (Lipinski definition) is 5. The Hall–Kier alpha value is -3.01. The van der Waals surface area contributed by atoms with Crippen LogP contribution in [0.3, 0.4) is 0 Å². The van der Waals surface area contributed by atoms with Crippen LogP contribution in [0.5, 0.6) is 0 Å². The van der Waals surface area contributed by atoms with Crippen molar-refractivity contribution >= 4 is 34.9 Å². The van der Waals surface area contributed by atoms with Gasteiger partial charge in [0.2, 0.25) is 5.91 Å². The van der Waals surface area contributed by atoms with Gasteiger partial charge in [-0.3, -0.25) is 9.69 Å².